The fourth-order valence-corrected chi connectivity index (χ4v) is 3.40. The van der Waals surface area contributed by atoms with Crippen molar-refractivity contribution in [2.24, 2.45) is 0 Å². The van der Waals surface area contributed by atoms with E-state index in [9.17, 15) is 9.59 Å². The molecule has 0 spiro atoms. The summed E-state index contributed by atoms with van der Waals surface area (Å²) in [6.45, 7) is 8.91. The van der Waals surface area contributed by atoms with Gasteiger partial charge >= 0.3 is 6.09 Å². The minimum absolute atomic E-state index is 0.174. The van der Waals surface area contributed by atoms with Gasteiger partial charge in [0.15, 0.2) is 5.13 Å². The van der Waals surface area contributed by atoms with Crippen molar-refractivity contribution in [3.05, 3.63) is 10.6 Å². The number of carbonyl (C=O) groups is 2. The zero-order valence-corrected chi connectivity index (χ0v) is 13.3. The van der Waals surface area contributed by atoms with Crippen LogP contribution in [0.5, 0.6) is 0 Å². The molecule has 1 aromatic heterocycles. The van der Waals surface area contributed by atoms with E-state index in [1.54, 1.807) is 27.7 Å². The van der Waals surface area contributed by atoms with Gasteiger partial charge in [-0.05, 0) is 47.5 Å². The molecule has 0 saturated heterocycles. The highest BCUT2D eigenvalue weighted by Crippen LogP contribution is 2.52. The van der Waals surface area contributed by atoms with Crippen LogP contribution < -0.4 is 5.32 Å². The van der Waals surface area contributed by atoms with E-state index in [4.69, 9.17) is 4.74 Å². The Balaban J connectivity index is 2.13. The molecule has 110 valence electrons. The summed E-state index contributed by atoms with van der Waals surface area (Å²) >= 11 is 1.37. The number of aromatic nitrogens is 1. The Bertz CT molecular complexity index is 553. The zero-order valence-electron chi connectivity index (χ0n) is 12.5. The molecule has 20 heavy (non-hydrogen) atoms. The maximum atomic E-state index is 11.8. The van der Waals surface area contributed by atoms with E-state index in [-0.39, 0.29) is 11.2 Å². The number of aryl methyl sites for hydroxylation is 1. The SMILES string of the molecule is CC(=O)C1(c2sc(NC(=O)OC(C)(C)C)nc2C)CC1. The first-order chi connectivity index (χ1) is 9.14. The number of amides is 1. The lowest BCUT2D eigenvalue weighted by Gasteiger charge is -2.18. The number of rotatable bonds is 3. The van der Waals surface area contributed by atoms with Gasteiger partial charge in [0.1, 0.15) is 11.4 Å². The molecular weight excluding hydrogens is 276 g/mol. The second-order valence-electron chi connectivity index (χ2n) is 6.20. The van der Waals surface area contributed by atoms with Crippen LogP contribution in [0.3, 0.4) is 0 Å². The molecule has 2 rings (SSSR count). The maximum Gasteiger partial charge on any atom is 0.413 e. The van der Waals surface area contributed by atoms with Crippen LogP contribution >= 0.6 is 11.3 Å². The van der Waals surface area contributed by atoms with Crippen LogP contribution in [0.4, 0.5) is 9.93 Å². The molecule has 0 radical (unpaired) electrons. The Labute approximate surface area is 122 Å². The number of thiazole rings is 1. The van der Waals surface area contributed by atoms with E-state index in [0.717, 1.165) is 23.4 Å². The average molecular weight is 296 g/mol. The quantitative estimate of drug-likeness (QED) is 0.928. The highest BCUT2D eigenvalue weighted by molar-refractivity contribution is 7.16. The summed E-state index contributed by atoms with van der Waals surface area (Å²) in [6, 6.07) is 0. The van der Waals surface area contributed by atoms with Crippen molar-refractivity contribution in [1.82, 2.24) is 4.98 Å². The number of Topliss-reactive ketones (excluding diaryl/α,β-unsaturated/α-hetero) is 1. The van der Waals surface area contributed by atoms with Gasteiger partial charge in [0.25, 0.3) is 0 Å². The molecule has 1 aromatic rings. The fraction of sp³-hybridized carbons (Fsp3) is 0.643. The fourth-order valence-electron chi connectivity index (χ4n) is 2.15. The monoisotopic (exact) mass is 296 g/mol. The predicted molar refractivity (Wildman–Crippen MR) is 78.3 cm³/mol. The molecule has 0 aromatic carbocycles. The smallest absolute Gasteiger partial charge is 0.413 e. The highest BCUT2D eigenvalue weighted by Gasteiger charge is 2.51. The minimum atomic E-state index is -0.545. The lowest BCUT2D eigenvalue weighted by molar-refractivity contribution is -0.119. The molecule has 1 N–H and O–H groups in total. The summed E-state index contributed by atoms with van der Waals surface area (Å²) in [5.41, 5.74) is -0.0832. The summed E-state index contributed by atoms with van der Waals surface area (Å²) in [7, 11) is 0. The van der Waals surface area contributed by atoms with Crippen molar-refractivity contribution in [3.8, 4) is 0 Å². The first-order valence-electron chi connectivity index (χ1n) is 6.63. The van der Waals surface area contributed by atoms with Crippen molar-refractivity contribution in [2.45, 2.75) is 58.5 Å². The first kappa shape index (κ1) is 15.0. The Morgan fingerprint density at radius 3 is 2.40 bits per heavy atom. The molecule has 1 aliphatic rings. The van der Waals surface area contributed by atoms with Crippen molar-refractivity contribution in [2.75, 3.05) is 5.32 Å². The van der Waals surface area contributed by atoms with Crippen LogP contribution in [-0.2, 0) is 14.9 Å². The molecule has 1 aliphatic carbocycles. The van der Waals surface area contributed by atoms with Crippen LogP contribution in [0.2, 0.25) is 0 Å². The minimum Gasteiger partial charge on any atom is -0.444 e. The van der Waals surface area contributed by atoms with E-state index in [1.807, 2.05) is 6.92 Å². The number of ether oxygens (including phenoxy) is 1. The number of anilines is 1. The van der Waals surface area contributed by atoms with Gasteiger partial charge in [-0.25, -0.2) is 9.78 Å². The van der Waals surface area contributed by atoms with Gasteiger partial charge < -0.3 is 4.74 Å². The molecule has 0 bridgehead atoms. The van der Waals surface area contributed by atoms with Crippen molar-refractivity contribution in [1.29, 1.82) is 0 Å². The van der Waals surface area contributed by atoms with Crippen LogP contribution in [0.1, 0.15) is 51.1 Å². The molecule has 1 saturated carbocycles. The van der Waals surface area contributed by atoms with E-state index in [2.05, 4.69) is 10.3 Å². The molecule has 5 nitrogen and oxygen atoms in total. The van der Waals surface area contributed by atoms with Gasteiger partial charge in [0, 0.05) is 4.88 Å². The molecule has 1 fully saturated rings. The number of hydrogen-bond acceptors (Lipinski definition) is 5. The van der Waals surface area contributed by atoms with Gasteiger partial charge in [0.2, 0.25) is 0 Å². The van der Waals surface area contributed by atoms with Crippen LogP contribution in [0.25, 0.3) is 0 Å². The average Bonchev–Trinajstić information content (AvgIpc) is 2.97. The Morgan fingerprint density at radius 1 is 1.35 bits per heavy atom. The van der Waals surface area contributed by atoms with Crippen molar-refractivity contribution in [3.63, 3.8) is 0 Å². The van der Waals surface area contributed by atoms with Gasteiger partial charge in [-0.15, -0.1) is 11.3 Å². The highest BCUT2D eigenvalue weighted by atomic mass is 32.1. The van der Waals surface area contributed by atoms with Crippen molar-refractivity contribution < 1.29 is 14.3 Å². The van der Waals surface area contributed by atoms with Crippen LogP contribution in [0, 0.1) is 6.92 Å². The zero-order chi connectivity index (χ0) is 15.1. The van der Waals surface area contributed by atoms with Crippen LogP contribution in [0.15, 0.2) is 0 Å². The molecule has 6 heteroatoms. The molecule has 1 amide bonds. The second kappa shape index (κ2) is 4.84. The number of nitrogens with zero attached hydrogens (tertiary/aromatic N) is 1. The van der Waals surface area contributed by atoms with Gasteiger partial charge in [-0.3, -0.25) is 10.1 Å². The number of nitrogens with one attached hydrogen (secondary N) is 1. The Hall–Kier alpha value is -1.43. The summed E-state index contributed by atoms with van der Waals surface area (Å²) in [5.74, 6) is 0.174. The Kier molecular flexibility index (Phi) is 3.62. The standard InChI is InChI=1S/C14H20N2O3S/c1-8-10(14(6-7-14)9(2)17)20-11(15-8)16-12(18)19-13(3,4)5/h6-7H2,1-5H3,(H,15,16,18). The topological polar surface area (TPSA) is 68.3 Å². The third kappa shape index (κ3) is 3.00. The van der Waals surface area contributed by atoms with Crippen molar-refractivity contribution >= 4 is 28.3 Å². The lowest BCUT2D eigenvalue weighted by atomic mass is 9.99. The number of ketones is 1. The maximum absolute atomic E-state index is 11.8. The van der Waals surface area contributed by atoms with E-state index in [1.165, 1.54) is 11.3 Å². The first-order valence-corrected chi connectivity index (χ1v) is 7.45. The third-order valence-corrected chi connectivity index (χ3v) is 4.54. The summed E-state index contributed by atoms with van der Waals surface area (Å²) in [4.78, 5) is 28.8. The van der Waals surface area contributed by atoms with E-state index >= 15 is 0 Å². The summed E-state index contributed by atoms with van der Waals surface area (Å²) in [5, 5.41) is 3.12. The molecule has 1 heterocycles. The Morgan fingerprint density at radius 2 is 1.95 bits per heavy atom. The van der Waals surface area contributed by atoms with Gasteiger partial charge in [-0.2, -0.15) is 0 Å². The molecule has 0 unspecified atom stereocenters. The van der Waals surface area contributed by atoms with Crippen LogP contribution in [-0.4, -0.2) is 22.5 Å². The normalized spacial score (nSPS) is 16.6. The summed E-state index contributed by atoms with van der Waals surface area (Å²) in [6.07, 6.45) is 1.22. The molecule has 0 atom stereocenters. The molecular formula is C14H20N2O3S. The molecule has 0 aliphatic heterocycles. The van der Waals surface area contributed by atoms with Gasteiger partial charge in [0.05, 0.1) is 11.1 Å². The lowest BCUT2D eigenvalue weighted by Crippen LogP contribution is -2.27. The number of carbonyl (C=O) groups excluding carboxylic acids is 2. The van der Waals surface area contributed by atoms with E-state index in [0.29, 0.717) is 5.13 Å². The largest absolute Gasteiger partial charge is 0.444 e. The summed E-state index contributed by atoms with van der Waals surface area (Å²) < 4.78 is 5.19. The number of hydrogen-bond donors (Lipinski definition) is 1. The van der Waals surface area contributed by atoms with Gasteiger partial charge in [-0.1, -0.05) is 0 Å². The second-order valence-corrected chi connectivity index (χ2v) is 7.20. The third-order valence-electron chi connectivity index (χ3n) is 3.26. The predicted octanol–water partition coefficient (Wildman–Crippen LogP) is 3.42. The van der Waals surface area contributed by atoms with E-state index < -0.39 is 11.7 Å².